The molecule has 4 aromatic rings. The second-order valence-corrected chi connectivity index (χ2v) is 7.90. The van der Waals surface area contributed by atoms with Gasteiger partial charge in [-0.1, -0.05) is 49.4 Å². The highest BCUT2D eigenvalue weighted by atomic mass is 16.5. The van der Waals surface area contributed by atoms with Crippen LogP contribution in [0, 0.1) is 0 Å². The van der Waals surface area contributed by atoms with Gasteiger partial charge in [0.2, 0.25) is 0 Å². The van der Waals surface area contributed by atoms with E-state index in [4.69, 9.17) is 13.9 Å². The van der Waals surface area contributed by atoms with E-state index in [1.54, 1.807) is 13.0 Å². The number of fused-ring (bicyclic) bond motifs is 1. The van der Waals surface area contributed by atoms with Gasteiger partial charge < -0.3 is 23.9 Å². The zero-order valence-electron chi connectivity index (χ0n) is 19.1. The van der Waals surface area contributed by atoms with Gasteiger partial charge >= 0.3 is 5.97 Å². The molecule has 1 atom stereocenters. The lowest BCUT2D eigenvalue weighted by Gasteiger charge is -2.21. The third-order valence-corrected chi connectivity index (χ3v) is 5.33. The molecule has 0 aliphatic rings. The maximum Gasteiger partial charge on any atom is 0.344 e. The Morgan fingerprint density at radius 3 is 2.56 bits per heavy atom. The number of anilines is 1. The van der Waals surface area contributed by atoms with E-state index in [2.05, 4.69) is 9.88 Å². The molecule has 0 radical (unpaired) electrons. The third kappa shape index (κ3) is 6.07. The summed E-state index contributed by atoms with van der Waals surface area (Å²) in [5, 5.41) is 9.30. The minimum absolute atomic E-state index is 0.385. The van der Waals surface area contributed by atoms with Crippen LogP contribution in [0.25, 0.3) is 11.1 Å². The Labute approximate surface area is 198 Å². The van der Waals surface area contributed by atoms with Gasteiger partial charge in [-0.05, 0) is 54.8 Å². The van der Waals surface area contributed by atoms with Crippen molar-refractivity contribution in [2.45, 2.75) is 32.4 Å². The topological polar surface area (TPSA) is 85.0 Å². The van der Waals surface area contributed by atoms with Gasteiger partial charge in [0.1, 0.15) is 17.0 Å². The molecule has 0 fully saturated rings. The van der Waals surface area contributed by atoms with E-state index < -0.39 is 12.1 Å². The second kappa shape index (κ2) is 11.2. The first-order valence-electron chi connectivity index (χ1n) is 11.4. The molecule has 176 valence electrons. The summed E-state index contributed by atoms with van der Waals surface area (Å²) in [7, 11) is 0. The molecule has 0 bridgehead atoms. The molecule has 0 aliphatic carbocycles. The summed E-state index contributed by atoms with van der Waals surface area (Å²) >= 11 is 0. The van der Waals surface area contributed by atoms with Gasteiger partial charge in [-0.15, -0.1) is 0 Å². The molecule has 1 aromatic heterocycles. The van der Waals surface area contributed by atoms with Gasteiger partial charge in [0.05, 0.1) is 6.61 Å². The quantitative estimate of drug-likeness (QED) is 0.278. The van der Waals surface area contributed by atoms with Crippen LogP contribution in [0.4, 0.5) is 6.01 Å². The lowest BCUT2D eigenvalue weighted by Crippen LogP contribution is -2.27. The van der Waals surface area contributed by atoms with Crippen molar-refractivity contribution in [3.8, 4) is 11.5 Å². The van der Waals surface area contributed by atoms with Crippen LogP contribution in [0.2, 0.25) is 0 Å². The van der Waals surface area contributed by atoms with Crippen molar-refractivity contribution in [2.24, 2.45) is 0 Å². The van der Waals surface area contributed by atoms with Gasteiger partial charge in [0.15, 0.2) is 11.7 Å². The van der Waals surface area contributed by atoms with E-state index in [1.165, 1.54) is 0 Å². The van der Waals surface area contributed by atoms with Crippen LogP contribution in [-0.2, 0) is 11.3 Å². The number of carboxylic acids is 1. The number of aromatic nitrogens is 1. The van der Waals surface area contributed by atoms with Crippen LogP contribution in [0.1, 0.15) is 25.3 Å². The number of aliphatic carboxylic acids is 1. The van der Waals surface area contributed by atoms with Crippen molar-refractivity contribution < 1.29 is 23.8 Å². The molecule has 7 heteroatoms. The third-order valence-electron chi connectivity index (χ3n) is 5.33. The SMILES string of the molecule is CC[C@H](Oc1cccc(CN(CCCOc2ccccc2)c2nc3ccccc3o2)c1)C(=O)O. The molecule has 0 saturated heterocycles. The number of hydrogen-bond acceptors (Lipinski definition) is 6. The molecule has 34 heavy (non-hydrogen) atoms. The largest absolute Gasteiger partial charge is 0.494 e. The van der Waals surface area contributed by atoms with E-state index in [9.17, 15) is 9.90 Å². The predicted molar refractivity (Wildman–Crippen MR) is 130 cm³/mol. The minimum Gasteiger partial charge on any atom is -0.494 e. The number of oxazole rings is 1. The summed E-state index contributed by atoms with van der Waals surface area (Å²) in [6.07, 6.45) is 0.273. The van der Waals surface area contributed by atoms with Gasteiger partial charge in [-0.3, -0.25) is 0 Å². The molecule has 0 amide bonds. The lowest BCUT2D eigenvalue weighted by atomic mass is 10.2. The number of hydrogen-bond donors (Lipinski definition) is 1. The van der Waals surface area contributed by atoms with Gasteiger partial charge in [0, 0.05) is 13.1 Å². The number of nitrogens with zero attached hydrogens (tertiary/aromatic N) is 2. The van der Waals surface area contributed by atoms with Crippen LogP contribution in [0.5, 0.6) is 11.5 Å². The minimum atomic E-state index is -0.973. The summed E-state index contributed by atoms with van der Waals surface area (Å²) in [6.45, 7) is 3.53. The highest BCUT2D eigenvalue weighted by Gasteiger charge is 2.18. The maximum atomic E-state index is 11.4. The Morgan fingerprint density at radius 2 is 1.79 bits per heavy atom. The molecule has 0 unspecified atom stereocenters. The molecule has 0 saturated carbocycles. The first-order valence-corrected chi connectivity index (χ1v) is 11.4. The van der Waals surface area contributed by atoms with E-state index in [0.717, 1.165) is 28.8 Å². The molecule has 0 aliphatic heterocycles. The Hall–Kier alpha value is -4.00. The summed E-state index contributed by atoms with van der Waals surface area (Å²) in [4.78, 5) is 18.1. The van der Waals surface area contributed by atoms with E-state index in [1.807, 2.05) is 72.8 Å². The molecule has 7 nitrogen and oxygen atoms in total. The first kappa shape index (κ1) is 23.2. The summed E-state index contributed by atoms with van der Waals surface area (Å²) < 4.78 is 17.5. The van der Waals surface area contributed by atoms with Crippen molar-refractivity contribution in [3.63, 3.8) is 0 Å². The first-order chi connectivity index (χ1) is 16.6. The van der Waals surface area contributed by atoms with E-state index in [-0.39, 0.29) is 0 Å². The Bertz CT molecular complexity index is 1170. The smallest absolute Gasteiger partial charge is 0.344 e. The average molecular weight is 461 g/mol. The van der Waals surface area contributed by atoms with Gasteiger partial charge in [-0.25, -0.2) is 4.79 Å². The van der Waals surface area contributed by atoms with E-state index in [0.29, 0.717) is 37.9 Å². The van der Waals surface area contributed by atoms with Crippen molar-refractivity contribution in [1.29, 1.82) is 0 Å². The zero-order chi connectivity index (χ0) is 23.8. The fraction of sp³-hybridized carbons (Fsp3) is 0.259. The summed E-state index contributed by atoms with van der Waals surface area (Å²) in [5.41, 5.74) is 2.49. The van der Waals surface area contributed by atoms with Crippen LogP contribution in [0.15, 0.2) is 83.3 Å². The standard InChI is InChI=1S/C27H28N2O5/c1-2-24(26(30)31)33-22-13-8-10-20(18-22)19-29(16-9-17-32-21-11-4-3-5-12-21)27-28-23-14-6-7-15-25(23)34-27/h3-8,10-15,18,24H,2,9,16-17,19H2,1H3,(H,30,31)/t24-/m0/s1. The second-order valence-electron chi connectivity index (χ2n) is 7.90. The average Bonchev–Trinajstić information content (AvgIpc) is 3.29. The summed E-state index contributed by atoms with van der Waals surface area (Å²) in [5.74, 6) is 0.390. The number of carboxylic acid groups (broad SMARTS) is 1. The Balaban J connectivity index is 1.48. The number of ether oxygens (including phenoxy) is 2. The number of para-hydroxylation sites is 3. The molecular weight excluding hydrogens is 432 g/mol. The molecular formula is C27H28N2O5. The van der Waals surface area contributed by atoms with Gasteiger partial charge in [-0.2, -0.15) is 4.98 Å². The van der Waals surface area contributed by atoms with Crippen LogP contribution in [-0.4, -0.2) is 35.3 Å². The van der Waals surface area contributed by atoms with Crippen LogP contribution < -0.4 is 14.4 Å². The normalized spacial score (nSPS) is 11.8. The maximum absolute atomic E-state index is 11.4. The summed E-state index contributed by atoms with van der Waals surface area (Å²) in [6, 6.07) is 25.4. The van der Waals surface area contributed by atoms with E-state index >= 15 is 0 Å². The fourth-order valence-corrected chi connectivity index (χ4v) is 3.61. The molecule has 3 aromatic carbocycles. The lowest BCUT2D eigenvalue weighted by molar-refractivity contribution is -0.145. The molecule has 1 heterocycles. The fourth-order valence-electron chi connectivity index (χ4n) is 3.61. The van der Waals surface area contributed by atoms with Crippen molar-refractivity contribution >= 4 is 23.1 Å². The van der Waals surface area contributed by atoms with Gasteiger partial charge in [0.25, 0.3) is 6.01 Å². The predicted octanol–water partition coefficient (Wildman–Crippen LogP) is 5.55. The molecule has 1 N–H and O–H groups in total. The van der Waals surface area contributed by atoms with Crippen molar-refractivity contribution in [1.82, 2.24) is 4.98 Å². The number of benzene rings is 3. The van der Waals surface area contributed by atoms with Crippen molar-refractivity contribution in [3.05, 3.63) is 84.4 Å². The number of rotatable bonds is 12. The van der Waals surface area contributed by atoms with Crippen LogP contribution in [0.3, 0.4) is 0 Å². The highest BCUT2D eigenvalue weighted by Crippen LogP contribution is 2.25. The van der Waals surface area contributed by atoms with Crippen LogP contribution >= 0.6 is 0 Å². The Morgan fingerprint density at radius 1 is 1.03 bits per heavy atom. The molecule has 0 spiro atoms. The number of carbonyl (C=O) groups is 1. The zero-order valence-corrected chi connectivity index (χ0v) is 19.1. The molecule has 4 rings (SSSR count). The highest BCUT2D eigenvalue weighted by molar-refractivity contribution is 5.74. The van der Waals surface area contributed by atoms with Crippen molar-refractivity contribution in [2.75, 3.05) is 18.1 Å². The Kier molecular flexibility index (Phi) is 7.65. The monoisotopic (exact) mass is 460 g/mol.